The first-order chi connectivity index (χ1) is 14.6. The first-order valence-corrected chi connectivity index (χ1v) is 11.0. The molecule has 178 valence electrons. The standard InChI is InChI=1S/C18H18F7N3O3S/c19-12-3-1-11(2-4-12)14(18(23,24)25)27-13(15(29)28-16(10-26)5-6-16)9-32(30,31)8-7-17(20,21)22/h1-4,13-14,27H,5-9H2,(H,28,29)/t13-,14-/m0/s1. The molecule has 0 heterocycles. The highest BCUT2D eigenvalue weighted by Gasteiger charge is 2.48. The quantitative estimate of drug-likeness (QED) is 0.520. The summed E-state index contributed by atoms with van der Waals surface area (Å²) in [6.45, 7) is 0. The summed E-state index contributed by atoms with van der Waals surface area (Å²) < 4.78 is 116. The third-order valence-electron chi connectivity index (χ3n) is 4.66. The van der Waals surface area contributed by atoms with E-state index in [4.69, 9.17) is 5.26 Å². The van der Waals surface area contributed by atoms with Gasteiger partial charge < -0.3 is 5.32 Å². The van der Waals surface area contributed by atoms with E-state index in [1.165, 1.54) is 0 Å². The molecule has 14 heteroatoms. The van der Waals surface area contributed by atoms with Gasteiger partial charge in [-0.25, -0.2) is 12.8 Å². The maximum absolute atomic E-state index is 13.6. The Morgan fingerprint density at radius 3 is 2.12 bits per heavy atom. The fourth-order valence-corrected chi connectivity index (χ4v) is 4.22. The van der Waals surface area contributed by atoms with Crippen LogP contribution in [-0.4, -0.2) is 49.8 Å². The number of nitriles is 1. The zero-order chi connectivity index (χ0) is 24.4. The number of halogens is 7. The molecule has 1 aromatic carbocycles. The van der Waals surface area contributed by atoms with Gasteiger partial charge in [0.25, 0.3) is 0 Å². The van der Waals surface area contributed by atoms with Gasteiger partial charge >= 0.3 is 12.4 Å². The molecule has 0 aliphatic heterocycles. The number of alkyl halides is 6. The summed E-state index contributed by atoms with van der Waals surface area (Å²) >= 11 is 0. The highest BCUT2D eigenvalue weighted by molar-refractivity contribution is 7.91. The summed E-state index contributed by atoms with van der Waals surface area (Å²) in [6.07, 6.45) is -11.3. The van der Waals surface area contributed by atoms with Crippen LogP contribution in [0.2, 0.25) is 0 Å². The second kappa shape index (κ2) is 9.22. The molecule has 0 aromatic heterocycles. The summed E-state index contributed by atoms with van der Waals surface area (Å²) in [5, 5.41) is 13.0. The third kappa shape index (κ3) is 7.63. The van der Waals surface area contributed by atoms with E-state index in [0.717, 1.165) is 24.3 Å². The van der Waals surface area contributed by atoms with Crippen LogP contribution in [0.15, 0.2) is 24.3 Å². The lowest BCUT2D eigenvalue weighted by Crippen LogP contribution is -2.54. The maximum Gasteiger partial charge on any atom is 0.407 e. The van der Waals surface area contributed by atoms with Crippen molar-refractivity contribution in [1.82, 2.24) is 10.6 Å². The zero-order valence-corrected chi connectivity index (χ0v) is 17.0. The average Bonchev–Trinajstić information content (AvgIpc) is 3.43. The molecule has 1 amide bonds. The van der Waals surface area contributed by atoms with Crippen LogP contribution in [-0.2, 0) is 14.6 Å². The Balaban J connectivity index is 2.32. The highest BCUT2D eigenvalue weighted by Crippen LogP contribution is 2.36. The summed E-state index contributed by atoms with van der Waals surface area (Å²) in [5.74, 6) is -4.93. The molecule has 0 bridgehead atoms. The Hall–Kier alpha value is -2.40. The number of carbonyl (C=O) groups is 1. The van der Waals surface area contributed by atoms with Crippen LogP contribution in [0.3, 0.4) is 0 Å². The number of rotatable bonds is 9. The number of carbonyl (C=O) groups excluding carboxylic acids is 1. The first-order valence-electron chi connectivity index (χ1n) is 9.14. The lowest BCUT2D eigenvalue weighted by Gasteiger charge is -2.28. The summed E-state index contributed by atoms with van der Waals surface area (Å²) in [5.41, 5.74) is -1.91. The molecule has 2 atom stereocenters. The van der Waals surface area contributed by atoms with E-state index >= 15 is 0 Å². The Morgan fingerprint density at radius 1 is 1.12 bits per heavy atom. The summed E-state index contributed by atoms with van der Waals surface area (Å²) in [7, 11) is -4.63. The lowest BCUT2D eigenvalue weighted by molar-refractivity contribution is -0.160. The van der Waals surface area contributed by atoms with Gasteiger partial charge in [-0.1, -0.05) is 12.1 Å². The smallest absolute Gasteiger partial charge is 0.336 e. The number of hydrogen-bond donors (Lipinski definition) is 2. The minimum Gasteiger partial charge on any atom is -0.336 e. The van der Waals surface area contributed by atoms with E-state index in [1.54, 1.807) is 6.07 Å². The molecule has 0 unspecified atom stereocenters. The Labute approximate surface area is 178 Å². The molecule has 1 aliphatic carbocycles. The van der Waals surface area contributed by atoms with Crippen molar-refractivity contribution in [3.05, 3.63) is 35.6 Å². The number of nitrogens with zero attached hydrogens (tertiary/aromatic N) is 1. The second-order valence-corrected chi connectivity index (χ2v) is 9.64. The van der Waals surface area contributed by atoms with Crippen LogP contribution < -0.4 is 10.6 Å². The number of amides is 1. The molecule has 1 saturated carbocycles. The normalized spacial score (nSPS) is 17.8. The van der Waals surface area contributed by atoms with E-state index in [2.05, 4.69) is 5.32 Å². The molecule has 0 radical (unpaired) electrons. The lowest BCUT2D eigenvalue weighted by atomic mass is 10.0. The van der Waals surface area contributed by atoms with E-state index in [1.807, 2.05) is 5.32 Å². The molecule has 32 heavy (non-hydrogen) atoms. The van der Waals surface area contributed by atoms with Gasteiger partial charge in [-0.15, -0.1) is 0 Å². The fourth-order valence-electron chi connectivity index (χ4n) is 2.76. The minimum absolute atomic E-state index is 0.184. The van der Waals surface area contributed by atoms with Gasteiger partial charge in [-0.2, -0.15) is 31.6 Å². The van der Waals surface area contributed by atoms with Crippen LogP contribution in [0.4, 0.5) is 30.7 Å². The van der Waals surface area contributed by atoms with Crippen LogP contribution in [0.1, 0.15) is 30.9 Å². The van der Waals surface area contributed by atoms with Crippen LogP contribution >= 0.6 is 0 Å². The minimum atomic E-state index is -5.07. The predicted molar refractivity (Wildman–Crippen MR) is 97.2 cm³/mol. The molecule has 0 spiro atoms. The van der Waals surface area contributed by atoms with Crippen molar-refractivity contribution < 1.29 is 43.9 Å². The van der Waals surface area contributed by atoms with Gasteiger partial charge in [-0.3, -0.25) is 10.1 Å². The molecule has 1 aromatic rings. The van der Waals surface area contributed by atoms with Crippen molar-refractivity contribution in [3.63, 3.8) is 0 Å². The van der Waals surface area contributed by atoms with E-state index in [9.17, 15) is 43.9 Å². The molecule has 6 nitrogen and oxygen atoms in total. The predicted octanol–water partition coefficient (Wildman–Crippen LogP) is 2.93. The van der Waals surface area contributed by atoms with Crippen LogP contribution in [0.25, 0.3) is 0 Å². The second-order valence-electron chi connectivity index (χ2n) is 7.41. The Bertz CT molecular complexity index is 966. The monoisotopic (exact) mass is 489 g/mol. The highest BCUT2D eigenvalue weighted by atomic mass is 32.2. The first kappa shape index (κ1) is 25.9. The van der Waals surface area contributed by atoms with Crippen molar-refractivity contribution in [2.75, 3.05) is 11.5 Å². The van der Waals surface area contributed by atoms with Crippen molar-refractivity contribution in [1.29, 1.82) is 5.26 Å². The van der Waals surface area contributed by atoms with Crippen LogP contribution in [0.5, 0.6) is 0 Å². The van der Waals surface area contributed by atoms with Crippen molar-refractivity contribution in [2.45, 2.75) is 49.2 Å². The third-order valence-corrected chi connectivity index (χ3v) is 6.33. The fraction of sp³-hybridized carbons (Fsp3) is 0.556. The summed E-state index contributed by atoms with van der Waals surface area (Å²) in [4.78, 5) is 12.5. The van der Waals surface area contributed by atoms with Gasteiger partial charge in [0.1, 0.15) is 23.4 Å². The molecule has 2 rings (SSSR count). The molecule has 1 aliphatic rings. The van der Waals surface area contributed by atoms with Gasteiger partial charge in [0.05, 0.1) is 24.0 Å². The largest absolute Gasteiger partial charge is 0.407 e. The van der Waals surface area contributed by atoms with E-state index < -0.39 is 75.0 Å². The van der Waals surface area contributed by atoms with Crippen molar-refractivity contribution in [2.24, 2.45) is 0 Å². The number of sulfone groups is 1. The summed E-state index contributed by atoms with van der Waals surface area (Å²) in [6, 6.07) is -0.0316. The topological polar surface area (TPSA) is 99.1 Å². The zero-order valence-electron chi connectivity index (χ0n) is 16.2. The molecular weight excluding hydrogens is 471 g/mol. The SMILES string of the molecule is N#CC1(NC(=O)[C@H](CS(=O)(=O)CCC(F)(F)F)N[C@@H](c2ccc(F)cc2)C(F)(F)F)CC1. The van der Waals surface area contributed by atoms with Crippen molar-refractivity contribution in [3.8, 4) is 6.07 Å². The van der Waals surface area contributed by atoms with E-state index in [-0.39, 0.29) is 12.8 Å². The van der Waals surface area contributed by atoms with Crippen LogP contribution in [0, 0.1) is 17.1 Å². The van der Waals surface area contributed by atoms with Gasteiger partial charge in [0, 0.05) is 0 Å². The average molecular weight is 489 g/mol. The molecular formula is C18H18F7N3O3S. The molecule has 1 fully saturated rings. The van der Waals surface area contributed by atoms with Gasteiger partial charge in [0.2, 0.25) is 5.91 Å². The van der Waals surface area contributed by atoms with Crippen molar-refractivity contribution >= 4 is 15.7 Å². The Kier molecular flexibility index (Phi) is 7.45. The molecule has 0 saturated heterocycles. The number of nitrogens with one attached hydrogen (secondary N) is 2. The maximum atomic E-state index is 13.6. The van der Waals surface area contributed by atoms with E-state index in [0.29, 0.717) is 0 Å². The molecule has 2 N–H and O–H groups in total. The number of hydrogen-bond acceptors (Lipinski definition) is 5. The van der Waals surface area contributed by atoms with Gasteiger partial charge in [-0.05, 0) is 30.5 Å². The van der Waals surface area contributed by atoms with Gasteiger partial charge in [0.15, 0.2) is 9.84 Å². The number of benzene rings is 1. The Morgan fingerprint density at radius 2 is 1.69 bits per heavy atom.